The van der Waals surface area contributed by atoms with Gasteiger partial charge in [-0.15, -0.1) is 0 Å². The second-order valence-electron chi connectivity index (χ2n) is 7.82. The van der Waals surface area contributed by atoms with E-state index < -0.39 is 11.9 Å². The standard InChI is InChI=1S/C26H17ClFN5O/c1-15(32-25-20-11-16(13-29)5-10-22(20)30-14-31-25)23-12-17-3-2-4-21(27)24(17)26(34)33(23)19-8-6-18(28)7-9-19/h2-12,14-15H,1H3,(H,30,31,32)/t15-/m0/s1. The highest BCUT2D eigenvalue weighted by Gasteiger charge is 2.19. The van der Waals surface area contributed by atoms with Crippen LogP contribution in [0.3, 0.4) is 0 Å². The first-order valence-corrected chi connectivity index (χ1v) is 10.9. The summed E-state index contributed by atoms with van der Waals surface area (Å²) >= 11 is 6.37. The van der Waals surface area contributed by atoms with E-state index in [0.717, 1.165) is 0 Å². The summed E-state index contributed by atoms with van der Waals surface area (Å²) in [5.74, 6) is 0.128. The van der Waals surface area contributed by atoms with Gasteiger partial charge in [-0.3, -0.25) is 9.36 Å². The fourth-order valence-electron chi connectivity index (χ4n) is 4.04. The number of halogens is 2. The predicted molar refractivity (Wildman–Crippen MR) is 131 cm³/mol. The molecule has 0 fully saturated rings. The lowest BCUT2D eigenvalue weighted by atomic mass is 10.1. The van der Waals surface area contributed by atoms with Gasteiger partial charge in [0.05, 0.1) is 33.6 Å². The lowest BCUT2D eigenvalue weighted by Gasteiger charge is -2.22. The average molecular weight is 470 g/mol. The second kappa shape index (κ2) is 8.58. The number of hydrogen-bond acceptors (Lipinski definition) is 5. The summed E-state index contributed by atoms with van der Waals surface area (Å²) in [5, 5.41) is 14.8. The highest BCUT2D eigenvalue weighted by Crippen LogP contribution is 2.29. The van der Waals surface area contributed by atoms with Gasteiger partial charge in [-0.05, 0) is 66.9 Å². The molecule has 0 spiro atoms. The number of benzene rings is 3. The van der Waals surface area contributed by atoms with E-state index in [9.17, 15) is 14.4 Å². The van der Waals surface area contributed by atoms with E-state index in [2.05, 4.69) is 21.4 Å². The van der Waals surface area contributed by atoms with Crippen LogP contribution in [0.4, 0.5) is 10.2 Å². The van der Waals surface area contributed by atoms with Crippen molar-refractivity contribution in [2.75, 3.05) is 5.32 Å². The molecule has 1 N–H and O–H groups in total. The van der Waals surface area contributed by atoms with Crippen molar-refractivity contribution in [3.8, 4) is 11.8 Å². The lowest BCUT2D eigenvalue weighted by molar-refractivity contribution is 0.627. The van der Waals surface area contributed by atoms with E-state index >= 15 is 0 Å². The number of nitrogens with zero attached hydrogens (tertiary/aromatic N) is 4. The van der Waals surface area contributed by atoms with Crippen LogP contribution >= 0.6 is 11.6 Å². The molecule has 6 nitrogen and oxygen atoms in total. The smallest absolute Gasteiger partial charge is 0.264 e. The molecule has 1 atom stereocenters. The fraction of sp³-hybridized carbons (Fsp3) is 0.0769. The van der Waals surface area contributed by atoms with Crippen LogP contribution in [-0.2, 0) is 0 Å². The third kappa shape index (κ3) is 3.74. The molecule has 0 aliphatic carbocycles. The summed E-state index contributed by atoms with van der Waals surface area (Å²) in [7, 11) is 0. The van der Waals surface area contributed by atoms with Crippen LogP contribution in [0.1, 0.15) is 24.2 Å². The van der Waals surface area contributed by atoms with Gasteiger partial charge in [-0.1, -0.05) is 23.7 Å². The third-order valence-corrected chi connectivity index (χ3v) is 5.99. The average Bonchev–Trinajstić information content (AvgIpc) is 2.84. The van der Waals surface area contributed by atoms with Crippen LogP contribution in [0.2, 0.25) is 5.02 Å². The van der Waals surface area contributed by atoms with Gasteiger partial charge in [-0.2, -0.15) is 5.26 Å². The monoisotopic (exact) mass is 469 g/mol. The van der Waals surface area contributed by atoms with E-state index in [0.29, 0.717) is 49.5 Å². The maximum atomic E-state index is 13.6. The Morgan fingerprint density at radius 3 is 2.65 bits per heavy atom. The molecular formula is C26H17ClFN5O. The number of anilines is 1. The van der Waals surface area contributed by atoms with E-state index in [1.807, 2.05) is 19.1 Å². The molecule has 3 aromatic carbocycles. The summed E-state index contributed by atoms with van der Waals surface area (Å²) in [6.45, 7) is 1.90. The minimum absolute atomic E-state index is 0.308. The predicted octanol–water partition coefficient (Wildman–Crippen LogP) is 5.77. The molecule has 0 saturated heterocycles. The Morgan fingerprint density at radius 2 is 1.88 bits per heavy atom. The normalized spacial score (nSPS) is 11.9. The van der Waals surface area contributed by atoms with Crippen molar-refractivity contribution >= 4 is 39.1 Å². The van der Waals surface area contributed by atoms with E-state index in [4.69, 9.17) is 11.6 Å². The molecule has 0 aliphatic heterocycles. The SMILES string of the molecule is C[C@H](Nc1ncnc2ccc(C#N)cc12)c1cc2cccc(Cl)c2c(=O)n1-c1ccc(F)cc1. The van der Waals surface area contributed by atoms with E-state index in [1.165, 1.54) is 23.0 Å². The lowest BCUT2D eigenvalue weighted by Crippen LogP contribution is -2.26. The molecule has 0 bridgehead atoms. The molecule has 0 aliphatic rings. The first-order valence-electron chi connectivity index (χ1n) is 10.5. The van der Waals surface area contributed by atoms with Crippen molar-refractivity contribution in [3.05, 3.63) is 106 Å². The molecule has 0 radical (unpaired) electrons. The van der Waals surface area contributed by atoms with Gasteiger partial charge in [0, 0.05) is 16.8 Å². The highest BCUT2D eigenvalue weighted by molar-refractivity contribution is 6.35. The molecule has 5 rings (SSSR count). The van der Waals surface area contributed by atoms with Crippen LogP contribution in [0.15, 0.2) is 77.9 Å². The largest absolute Gasteiger partial charge is 0.361 e. The van der Waals surface area contributed by atoms with Crippen LogP contribution in [-0.4, -0.2) is 14.5 Å². The molecule has 8 heteroatoms. The van der Waals surface area contributed by atoms with Crippen molar-refractivity contribution in [2.24, 2.45) is 0 Å². The Kier molecular flexibility index (Phi) is 5.44. The van der Waals surface area contributed by atoms with E-state index in [-0.39, 0.29) is 5.56 Å². The Hall–Kier alpha value is -4.28. The Balaban J connectivity index is 1.70. The van der Waals surface area contributed by atoms with Gasteiger partial charge in [0.2, 0.25) is 0 Å². The van der Waals surface area contributed by atoms with Crippen LogP contribution in [0.5, 0.6) is 0 Å². The minimum Gasteiger partial charge on any atom is -0.361 e. The van der Waals surface area contributed by atoms with Crippen molar-refractivity contribution in [2.45, 2.75) is 13.0 Å². The van der Waals surface area contributed by atoms with Crippen LogP contribution in [0.25, 0.3) is 27.4 Å². The van der Waals surface area contributed by atoms with Gasteiger partial charge >= 0.3 is 0 Å². The number of fused-ring (bicyclic) bond motifs is 2. The first kappa shape index (κ1) is 21.6. The van der Waals surface area contributed by atoms with Gasteiger partial charge < -0.3 is 5.32 Å². The van der Waals surface area contributed by atoms with E-state index in [1.54, 1.807) is 42.5 Å². The molecule has 0 unspecified atom stereocenters. The van der Waals surface area contributed by atoms with Crippen LogP contribution in [0, 0.1) is 17.1 Å². The minimum atomic E-state index is -0.399. The van der Waals surface area contributed by atoms with Crippen molar-refractivity contribution in [1.82, 2.24) is 14.5 Å². The Bertz CT molecular complexity index is 1660. The number of hydrogen-bond donors (Lipinski definition) is 1. The quantitative estimate of drug-likeness (QED) is 0.361. The summed E-state index contributed by atoms with van der Waals surface area (Å²) in [6.07, 6.45) is 1.44. The third-order valence-electron chi connectivity index (χ3n) is 5.67. The summed E-state index contributed by atoms with van der Waals surface area (Å²) in [6, 6.07) is 19.8. The van der Waals surface area contributed by atoms with Crippen molar-refractivity contribution in [3.63, 3.8) is 0 Å². The molecule has 2 heterocycles. The summed E-state index contributed by atoms with van der Waals surface area (Å²) < 4.78 is 15.1. The van der Waals surface area contributed by atoms with Gasteiger partial charge in [0.15, 0.2) is 0 Å². The topological polar surface area (TPSA) is 83.6 Å². The number of aromatic nitrogens is 3. The number of rotatable bonds is 4. The molecule has 34 heavy (non-hydrogen) atoms. The zero-order chi connectivity index (χ0) is 23.8. The maximum absolute atomic E-state index is 13.6. The molecule has 0 saturated carbocycles. The Morgan fingerprint density at radius 1 is 1.09 bits per heavy atom. The molecular weight excluding hydrogens is 453 g/mol. The molecule has 0 amide bonds. The number of pyridine rings is 1. The van der Waals surface area contributed by atoms with Gasteiger partial charge in [0.25, 0.3) is 5.56 Å². The van der Waals surface area contributed by atoms with Gasteiger partial charge in [-0.25, -0.2) is 14.4 Å². The number of nitrogens with one attached hydrogen (secondary N) is 1. The van der Waals surface area contributed by atoms with Crippen molar-refractivity contribution < 1.29 is 4.39 Å². The summed E-state index contributed by atoms with van der Waals surface area (Å²) in [4.78, 5) is 22.2. The highest BCUT2D eigenvalue weighted by atomic mass is 35.5. The van der Waals surface area contributed by atoms with Crippen molar-refractivity contribution in [1.29, 1.82) is 5.26 Å². The zero-order valence-corrected chi connectivity index (χ0v) is 18.7. The van der Waals surface area contributed by atoms with Gasteiger partial charge in [0.1, 0.15) is 18.0 Å². The number of nitriles is 1. The molecule has 166 valence electrons. The maximum Gasteiger partial charge on any atom is 0.264 e. The summed E-state index contributed by atoms with van der Waals surface area (Å²) in [5.41, 5.74) is 2.01. The molecule has 5 aromatic rings. The Labute approximate surface area is 198 Å². The first-order chi connectivity index (χ1) is 16.5. The zero-order valence-electron chi connectivity index (χ0n) is 18.0. The second-order valence-corrected chi connectivity index (χ2v) is 8.23. The fourth-order valence-corrected chi connectivity index (χ4v) is 4.30. The van der Waals surface area contributed by atoms with Crippen LogP contribution < -0.4 is 10.9 Å². The molecule has 2 aromatic heterocycles.